The summed E-state index contributed by atoms with van der Waals surface area (Å²) in [6.07, 6.45) is 2.45. The highest BCUT2D eigenvalue weighted by Gasteiger charge is 2.14. The van der Waals surface area contributed by atoms with E-state index in [1.54, 1.807) is 18.3 Å². The van der Waals surface area contributed by atoms with E-state index in [-0.39, 0.29) is 5.75 Å². The molecule has 0 unspecified atom stereocenters. The lowest BCUT2D eigenvalue weighted by Crippen LogP contribution is -2.31. The Bertz CT molecular complexity index is 642. The van der Waals surface area contributed by atoms with E-state index < -0.39 is 0 Å². The molecule has 2 aromatic rings. The van der Waals surface area contributed by atoms with Crippen molar-refractivity contribution in [3.05, 3.63) is 30.5 Å². The van der Waals surface area contributed by atoms with Gasteiger partial charge in [-0.3, -0.25) is 0 Å². The van der Waals surface area contributed by atoms with Crippen molar-refractivity contribution in [3.63, 3.8) is 0 Å². The van der Waals surface area contributed by atoms with Gasteiger partial charge in [-0.15, -0.1) is 0 Å². The smallest absolute Gasteiger partial charge is 0.136 e. The lowest BCUT2D eigenvalue weighted by atomic mass is 10.1. The Hall–Kier alpha value is -1.88. The normalized spacial score (nSPS) is 11.0. The molecule has 5 heteroatoms. The maximum Gasteiger partial charge on any atom is 0.136 e. The molecule has 0 atom stereocenters. The van der Waals surface area contributed by atoms with E-state index in [1.807, 2.05) is 12.1 Å². The Balaban J connectivity index is 2.42. The summed E-state index contributed by atoms with van der Waals surface area (Å²) in [5, 5.41) is 11.8. The van der Waals surface area contributed by atoms with Crippen LogP contribution in [-0.4, -0.2) is 28.2 Å². The molecule has 0 saturated carbocycles. The standard InChI is InChI=1S/C16H21N3OS/c1-11(2)10-19(8-6-15(17)21)16-14-9-13(20)4-3-12(14)5-7-18-16/h3-5,7,9,11,20H,6,8,10H2,1-2H3,(H2,17,21). The molecule has 112 valence electrons. The number of hydrogen-bond acceptors (Lipinski definition) is 4. The molecule has 1 aromatic carbocycles. The number of benzene rings is 1. The van der Waals surface area contributed by atoms with Crippen molar-refractivity contribution in [1.82, 2.24) is 4.98 Å². The Morgan fingerprint density at radius 1 is 1.38 bits per heavy atom. The van der Waals surface area contributed by atoms with Crippen LogP contribution in [0.3, 0.4) is 0 Å². The van der Waals surface area contributed by atoms with Gasteiger partial charge >= 0.3 is 0 Å². The van der Waals surface area contributed by atoms with Crippen LogP contribution in [0.4, 0.5) is 5.82 Å². The van der Waals surface area contributed by atoms with Crippen molar-refractivity contribution < 1.29 is 5.11 Å². The van der Waals surface area contributed by atoms with Gasteiger partial charge in [0.05, 0.1) is 4.99 Å². The number of aromatic hydroxyl groups is 1. The minimum Gasteiger partial charge on any atom is -0.508 e. The molecule has 0 bridgehead atoms. The van der Waals surface area contributed by atoms with Gasteiger partial charge in [0.25, 0.3) is 0 Å². The molecule has 1 aromatic heterocycles. The van der Waals surface area contributed by atoms with Gasteiger partial charge in [-0.1, -0.05) is 32.1 Å². The molecule has 0 radical (unpaired) electrons. The number of fused-ring (bicyclic) bond motifs is 1. The minimum atomic E-state index is 0.246. The highest BCUT2D eigenvalue weighted by Crippen LogP contribution is 2.28. The highest BCUT2D eigenvalue weighted by atomic mass is 32.1. The second-order valence-electron chi connectivity index (χ2n) is 5.60. The van der Waals surface area contributed by atoms with Gasteiger partial charge in [0.1, 0.15) is 11.6 Å². The topological polar surface area (TPSA) is 62.4 Å². The summed E-state index contributed by atoms with van der Waals surface area (Å²) in [7, 11) is 0. The van der Waals surface area contributed by atoms with Crippen LogP contribution in [0.25, 0.3) is 10.8 Å². The number of phenols is 1. The maximum absolute atomic E-state index is 9.75. The minimum absolute atomic E-state index is 0.246. The van der Waals surface area contributed by atoms with E-state index >= 15 is 0 Å². The summed E-state index contributed by atoms with van der Waals surface area (Å²) in [6.45, 7) is 5.92. The van der Waals surface area contributed by atoms with Crippen molar-refractivity contribution in [1.29, 1.82) is 0 Å². The van der Waals surface area contributed by atoms with Crippen LogP contribution in [0.5, 0.6) is 5.75 Å². The summed E-state index contributed by atoms with van der Waals surface area (Å²) in [6, 6.07) is 7.29. The first-order valence-electron chi connectivity index (χ1n) is 7.08. The van der Waals surface area contributed by atoms with Gasteiger partial charge in [-0.25, -0.2) is 4.98 Å². The molecule has 1 heterocycles. The number of phenolic OH excluding ortho intramolecular Hbond substituents is 1. The number of nitrogens with zero attached hydrogens (tertiary/aromatic N) is 2. The molecule has 0 amide bonds. The van der Waals surface area contributed by atoms with E-state index in [4.69, 9.17) is 18.0 Å². The quantitative estimate of drug-likeness (QED) is 0.803. The number of thiocarbonyl (C=S) groups is 1. The van der Waals surface area contributed by atoms with Gasteiger partial charge in [0, 0.05) is 31.1 Å². The molecule has 0 fully saturated rings. The second-order valence-corrected chi connectivity index (χ2v) is 6.12. The molecule has 0 spiro atoms. The van der Waals surface area contributed by atoms with E-state index in [0.29, 0.717) is 17.3 Å². The summed E-state index contributed by atoms with van der Waals surface area (Å²) in [4.78, 5) is 7.20. The first kappa shape index (κ1) is 15.5. The Morgan fingerprint density at radius 3 is 2.81 bits per heavy atom. The highest BCUT2D eigenvalue weighted by molar-refractivity contribution is 7.80. The Labute approximate surface area is 130 Å². The van der Waals surface area contributed by atoms with Crippen molar-refractivity contribution in [2.45, 2.75) is 20.3 Å². The predicted molar refractivity (Wildman–Crippen MR) is 91.9 cm³/mol. The summed E-state index contributed by atoms with van der Waals surface area (Å²) < 4.78 is 0. The van der Waals surface area contributed by atoms with Crippen LogP contribution in [-0.2, 0) is 0 Å². The molecule has 3 N–H and O–H groups in total. The fraction of sp³-hybridized carbons (Fsp3) is 0.375. The fourth-order valence-corrected chi connectivity index (χ4v) is 2.45. The monoisotopic (exact) mass is 303 g/mol. The van der Waals surface area contributed by atoms with Crippen molar-refractivity contribution in [2.24, 2.45) is 11.7 Å². The van der Waals surface area contributed by atoms with Crippen LogP contribution in [0.1, 0.15) is 20.3 Å². The van der Waals surface area contributed by atoms with Gasteiger partial charge in [0.2, 0.25) is 0 Å². The third-order valence-corrected chi connectivity index (χ3v) is 3.45. The lowest BCUT2D eigenvalue weighted by molar-refractivity contribution is 0.476. The van der Waals surface area contributed by atoms with E-state index in [0.717, 1.165) is 29.7 Å². The number of hydrogen-bond donors (Lipinski definition) is 2. The van der Waals surface area contributed by atoms with Crippen LogP contribution in [0, 0.1) is 5.92 Å². The molecule has 2 rings (SSSR count). The van der Waals surface area contributed by atoms with Crippen molar-refractivity contribution >= 4 is 33.8 Å². The van der Waals surface area contributed by atoms with Gasteiger partial charge in [-0.2, -0.15) is 0 Å². The second kappa shape index (κ2) is 6.72. The molecule has 0 aliphatic rings. The van der Waals surface area contributed by atoms with Crippen LogP contribution < -0.4 is 10.6 Å². The zero-order valence-electron chi connectivity index (χ0n) is 12.4. The van der Waals surface area contributed by atoms with Crippen LogP contribution >= 0.6 is 12.2 Å². The Kier molecular flexibility index (Phi) is 4.96. The summed E-state index contributed by atoms with van der Waals surface area (Å²) >= 11 is 4.98. The zero-order chi connectivity index (χ0) is 15.4. The number of rotatable bonds is 6. The van der Waals surface area contributed by atoms with Crippen LogP contribution in [0.15, 0.2) is 30.5 Å². The molecular weight excluding hydrogens is 282 g/mol. The molecular formula is C16H21N3OS. The number of pyridine rings is 1. The van der Waals surface area contributed by atoms with Gasteiger partial charge in [-0.05, 0) is 29.5 Å². The average Bonchev–Trinajstić information content (AvgIpc) is 2.42. The number of nitrogens with two attached hydrogens (primary N) is 1. The first-order chi connectivity index (χ1) is 9.97. The van der Waals surface area contributed by atoms with Crippen molar-refractivity contribution in [3.8, 4) is 5.75 Å². The zero-order valence-corrected chi connectivity index (χ0v) is 13.2. The molecule has 21 heavy (non-hydrogen) atoms. The van der Waals surface area contributed by atoms with E-state index in [1.165, 1.54) is 0 Å². The predicted octanol–water partition coefficient (Wildman–Crippen LogP) is 3.08. The SMILES string of the molecule is CC(C)CN(CCC(N)=S)c1nccc2ccc(O)cc12. The van der Waals surface area contributed by atoms with Gasteiger partial charge < -0.3 is 15.7 Å². The van der Waals surface area contributed by atoms with Gasteiger partial charge in [0.15, 0.2) is 0 Å². The molecule has 4 nitrogen and oxygen atoms in total. The summed E-state index contributed by atoms with van der Waals surface area (Å²) in [5.74, 6) is 1.61. The molecule has 0 aliphatic carbocycles. The number of aromatic nitrogens is 1. The van der Waals surface area contributed by atoms with Crippen LogP contribution in [0.2, 0.25) is 0 Å². The largest absolute Gasteiger partial charge is 0.508 e. The van der Waals surface area contributed by atoms with Crippen molar-refractivity contribution in [2.75, 3.05) is 18.0 Å². The summed E-state index contributed by atoms with van der Waals surface area (Å²) in [5.41, 5.74) is 5.63. The van der Waals surface area contributed by atoms with E-state index in [2.05, 4.69) is 23.7 Å². The Morgan fingerprint density at radius 2 is 2.14 bits per heavy atom. The maximum atomic E-state index is 9.75. The molecule has 0 saturated heterocycles. The molecule has 0 aliphatic heterocycles. The van der Waals surface area contributed by atoms with E-state index in [9.17, 15) is 5.11 Å². The third kappa shape index (κ3) is 4.04. The fourth-order valence-electron chi connectivity index (χ4n) is 2.36. The lowest BCUT2D eigenvalue weighted by Gasteiger charge is -2.26. The third-order valence-electron chi connectivity index (χ3n) is 3.24. The first-order valence-corrected chi connectivity index (χ1v) is 7.49. The average molecular weight is 303 g/mol. The number of anilines is 1.